The van der Waals surface area contributed by atoms with Crippen LogP contribution in [0, 0.1) is 19.7 Å². The van der Waals surface area contributed by atoms with Gasteiger partial charge < -0.3 is 14.2 Å². The van der Waals surface area contributed by atoms with E-state index in [0.717, 1.165) is 0 Å². The third-order valence-electron chi connectivity index (χ3n) is 3.04. The van der Waals surface area contributed by atoms with Crippen LogP contribution in [0.2, 0.25) is 0 Å². The van der Waals surface area contributed by atoms with Crippen LogP contribution >= 0.6 is 0 Å². The zero-order valence-electron chi connectivity index (χ0n) is 12.4. The number of carbonyl (C=O) groups is 1. The summed E-state index contributed by atoms with van der Waals surface area (Å²) in [5.74, 6) is 1.02. The molecule has 118 valence electrons. The summed E-state index contributed by atoms with van der Waals surface area (Å²) in [6, 6.07) is 6.77. The second-order valence-corrected chi connectivity index (χ2v) is 4.80. The number of amides is 2. The van der Waals surface area contributed by atoms with Crippen LogP contribution in [0.4, 0.5) is 20.9 Å². The van der Waals surface area contributed by atoms with Gasteiger partial charge in [0.2, 0.25) is 0 Å². The van der Waals surface area contributed by atoms with Gasteiger partial charge in [0.25, 0.3) is 5.89 Å². The highest BCUT2D eigenvalue weighted by atomic mass is 19.1. The highest BCUT2D eigenvalue weighted by Crippen LogP contribution is 2.26. The Balaban J connectivity index is 1.71. The number of rotatable bonds is 3. The zero-order valence-corrected chi connectivity index (χ0v) is 12.4. The van der Waals surface area contributed by atoms with Gasteiger partial charge in [-0.1, -0.05) is 17.2 Å². The van der Waals surface area contributed by atoms with Gasteiger partial charge in [-0.05, 0) is 32.0 Å². The molecule has 7 nitrogen and oxygen atoms in total. The molecule has 0 aliphatic heterocycles. The number of benzene rings is 1. The van der Waals surface area contributed by atoms with E-state index in [1.165, 1.54) is 18.2 Å². The first kappa shape index (κ1) is 14.8. The van der Waals surface area contributed by atoms with E-state index in [4.69, 9.17) is 8.83 Å². The maximum Gasteiger partial charge on any atom is 0.327 e. The fourth-order valence-corrected chi connectivity index (χ4v) is 2.04. The van der Waals surface area contributed by atoms with Gasteiger partial charge in [-0.2, -0.15) is 0 Å². The average molecular weight is 316 g/mol. The van der Waals surface area contributed by atoms with Crippen molar-refractivity contribution in [2.24, 2.45) is 0 Å². The normalized spacial score (nSPS) is 10.6. The quantitative estimate of drug-likeness (QED) is 0.768. The monoisotopic (exact) mass is 316 g/mol. The highest BCUT2D eigenvalue weighted by Gasteiger charge is 2.16. The number of para-hydroxylation sites is 1. The van der Waals surface area contributed by atoms with Gasteiger partial charge in [-0.25, -0.2) is 9.18 Å². The van der Waals surface area contributed by atoms with Crippen molar-refractivity contribution >= 4 is 17.7 Å². The Morgan fingerprint density at radius 1 is 1.13 bits per heavy atom. The molecule has 23 heavy (non-hydrogen) atoms. The standard InChI is InChI=1S/C15H13FN4O3/c1-8-7-10(9(2)22-8)13-19-20-15(23-13)18-14(21)17-12-6-4-3-5-11(12)16/h3-7H,1-2H3,(H2,17,18,20,21). The summed E-state index contributed by atoms with van der Waals surface area (Å²) in [7, 11) is 0. The number of anilines is 2. The van der Waals surface area contributed by atoms with Crippen LogP contribution in [0.15, 0.2) is 39.2 Å². The smallest absolute Gasteiger partial charge is 0.327 e. The molecule has 0 aliphatic rings. The van der Waals surface area contributed by atoms with Crippen molar-refractivity contribution in [2.45, 2.75) is 13.8 Å². The van der Waals surface area contributed by atoms with Gasteiger partial charge in [-0.3, -0.25) is 5.32 Å². The van der Waals surface area contributed by atoms with Crippen LogP contribution in [0.1, 0.15) is 11.5 Å². The topological polar surface area (TPSA) is 93.2 Å². The first-order valence-electron chi connectivity index (χ1n) is 6.76. The van der Waals surface area contributed by atoms with Crippen LogP contribution in [-0.2, 0) is 0 Å². The molecular weight excluding hydrogens is 303 g/mol. The molecule has 3 aromatic rings. The summed E-state index contributed by atoms with van der Waals surface area (Å²) in [6.07, 6.45) is 0. The summed E-state index contributed by atoms with van der Waals surface area (Å²) in [6.45, 7) is 3.57. The number of halogens is 1. The molecule has 2 heterocycles. The SMILES string of the molecule is Cc1cc(-c2nnc(NC(=O)Nc3ccccc3F)o2)c(C)o1. The van der Waals surface area contributed by atoms with Crippen molar-refractivity contribution in [3.8, 4) is 11.5 Å². The van der Waals surface area contributed by atoms with Crippen molar-refractivity contribution in [1.82, 2.24) is 10.2 Å². The summed E-state index contributed by atoms with van der Waals surface area (Å²) in [5, 5.41) is 12.3. The van der Waals surface area contributed by atoms with E-state index in [-0.39, 0.29) is 17.6 Å². The molecule has 3 rings (SSSR count). The molecule has 0 saturated heterocycles. The second-order valence-electron chi connectivity index (χ2n) is 4.80. The Morgan fingerprint density at radius 2 is 1.91 bits per heavy atom. The molecule has 0 radical (unpaired) electrons. The predicted molar refractivity (Wildman–Crippen MR) is 80.5 cm³/mol. The number of hydrogen-bond acceptors (Lipinski definition) is 5. The van der Waals surface area contributed by atoms with E-state index in [1.807, 2.05) is 0 Å². The number of carbonyl (C=O) groups excluding carboxylic acids is 1. The van der Waals surface area contributed by atoms with Gasteiger partial charge in [0.1, 0.15) is 17.3 Å². The third-order valence-corrected chi connectivity index (χ3v) is 3.04. The van der Waals surface area contributed by atoms with Gasteiger partial charge in [0.05, 0.1) is 11.3 Å². The van der Waals surface area contributed by atoms with Crippen LogP contribution in [0.25, 0.3) is 11.5 Å². The van der Waals surface area contributed by atoms with Crippen molar-refractivity contribution in [1.29, 1.82) is 0 Å². The lowest BCUT2D eigenvalue weighted by Crippen LogP contribution is -2.20. The zero-order chi connectivity index (χ0) is 16.4. The van der Waals surface area contributed by atoms with Crippen molar-refractivity contribution in [3.63, 3.8) is 0 Å². The first-order chi connectivity index (χ1) is 11.0. The van der Waals surface area contributed by atoms with Crippen LogP contribution in [0.5, 0.6) is 0 Å². The van der Waals surface area contributed by atoms with E-state index in [2.05, 4.69) is 20.8 Å². The van der Waals surface area contributed by atoms with Crippen LogP contribution in [-0.4, -0.2) is 16.2 Å². The fourth-order valence-electron chi connectivity index (χ4n) is 2.04. The Hall–Kier alpha value is -3.16. The van der Waals surface area contributed by atoms with Gasteiger partial charge in [0, 0.05) is 0 Å². The van der Waals surface area contributed by atoms with Crippen LogP contribution < -0.4 is 10.6 Å². The number of nitrogens with zero attached hydrogens (tertiary/aromatic N) is 2. The van der Waals surface area contributed by atoms with Crippen molar-refractivity contribution in [2.75, 3.05) is 10.6 Å². The molecule has 0 aliphatic carbocycles. The second kappa shape index (κ2) is 5.91. The third kappa shape index (κ3) is 3.20. The number of nitrogens with one attached hydrogen (secondary N) is 2. The molecule has 0 spiro atoms. The number of hydrogen-bond donors (Lipinski definition) is 2. The molecule has 0 atom stereocenters. The van der Waals surface area contributed by atoms with Gasteiger partial charge in [-0.15, -0.1) is 5.10 Å². The molecular formula is C15H13FN4O3. The molecule has 2 amide bonds. The molecule has 0 saturated carbocycles. The molecule has 0 bridgehead atoms. The van der Waals surface area contributed by atoms with E-state index < -0.39 is 11.8 Å². The molecule has 0 unspecified atom stereocenters. The lowest BCUT2D eigenvalue weighted by Gasteiger charge is -2.05. The minimum absolute atomic E-state index is 0.0473. The molecule has 1 aromatic carbocycles. The first-order valence-corrected chi connectivity index (χ1v) is 6.76. The molecule has 2 aromatic heterocycles. The minimum Gasteiger partial charge on any atom is -0.466 e. The van der Waals surface area contributed by atoms with Crippen LogP contribution in [0.3, 0.4) is 0 Å². The lowest BCUT2D eigenvalue weighted by atomic mass is 10.2. The van der Waals surface area contributed by atoms with E-state index in [1.54, 1.807) is 26.0 Å². The number of urea groups is 1. The summed E-state index contributed by atoms with van der Waals surface area (Å²) >= 11 is 0. The van der Waals surface area contributed by atoms with Gasteiger partial charge >= 0.3 is 12.0 Å². The molecule has 0 fully saturated rings. The number of furan rings is 1. The molecule has 8 heteroatoms. The minimum atomic E-state index is -0.689. The Kier molecular flexibility index (Phi) is 3.80. The molecule has 2 N–H and O–H groups in total. The Morgan fingerprint density at radius 3 is 2.61 bits per heavy atom. The number of aryl methyl sites for hydroxylation is 2. The largest absolute Gasteiger partial charge is 0.466 e. The summed E-state index contributed by atoms with van der Waals surface area (Å²) in [4.78, 5) is 11.8. The van der Waals surface area contributed by atoms with E-state index in [0.29, 0.717) is 17.1 Å². The lowest BCUT2D eigenvalue weighted by molar-refractivity contribution is 0.261. The van der Waals surface area contributed by atoms with Gasteiger partial charge in [0.15, 0.2) is 0 Å². The summed E-state index contributed by atoms with van der Waals surface area (Å²) < 4.78 is 24.2. The van der Waals surface area contributed by atoms with Crippen molar-refractivity contribution in [3.05, 3.63) is 47.7 Å². The predicted octanol–water partition coefficient (Wildman–Crippen LogP) is 3.73. The average Bonchev–Trinajstić information content (AvgIpc) is 3.07. The maximum absolute atomic E-state index is 13.5. The maximum atomic E-state index is 13.5. The Bertz CT molecular complexity index is 856. The number of aromatic nitrogens is 2. The highest BCUT2D eigenvalue weighted by molar-refractivity contribution is 5.98. The Labute approximate surface area is 130 Å². The fraction of sp³-hybridized carbons (Fsp3) is 0.133. The van der Waals surface area contributed by atoms with E-state index >= 15 is 0 Å². The van der Waals surface area contributed by atoms with E-state index in [9.17, 15) is 9.18 Å². The summed E-state index contributed by atoms with van der Waals surface area (Å²) in [5.41, 5.74) is 0.698. The van der Waals surface area contributed by atoms with Crippen molar-refractivity contribution < 1.29 is 18.0 Å².